The highest BCUT2D eigenvalue weighted by Crippen LogP contribution is 2.36. The molecule has 2 aliphatic rings. The number of hydrogen-bond acceptors (Lipinski definition) is 4. The van der Waals surface area contributed by atoms with Gasteiger partial charge in [-0.05, 0) is 74.4 Å². The van der Waals surface area contributed by atoms with Crippen molar-refractivity contribution >= 4 is 5.91 Å². The number of benzene rings is 2. The van der Waals surface area contributed by atoms with Crippen molar-refractivity contribution in [3.63, 3.8) is 0 Å². The van der Waals surface area contributed by atoms with E-state index in [1.54, 1.807) is 30.3 Å². The van der Waals surface area contributed by atoms with Crippen LogP contribution in [0.1, 0.15) is 48.0 Å². The van der Waals surface area contributed by atoms with Gasteiger partial charge in [0.2, 0.25) is 0 Å². The lowest BCUT2D eigenvalue weighted by atomic mass is 9.84. The summed E-state index contributed by atoms with van der Waals surface area (Å²) in [4.78, 5) is 15.0. The molecule has 1 aliphatic carbocycles. The number of fused-ring (bicyclic) bond motifs is 1. The van der Waals surface area contributed by atoms with Crippen molar-refractivity contribution in [2.24, 2.45) is 5.92 Å². The first-order chi connectivity index (χ1) is 13.6. The fourth-order valence-electron chi connectivity index (χ4n) is 4.05. The van der Waals surface area contributed by atoms with E-state index in [-0.39, 0.29) is 11.7 Å². The highest BCUT2D eigenvalue weighted by Gasteiger charge is 2.31. The third-order valence-electron chi connectivity index (χ3n) is 5.38. The van der Waals surface area contributed by atoms with Crippen LogP contribution in [0.3, 0.4) is 0 Å². The summed E-state index contributed by atoms with van der Waals surface area (Å²) in [7, 11) is 0. The number of piperidine rings is 1. The maximum Gasteiger partial charge on any atom is 0.258 e. The maximum atomic E-state index is 13.2. The molecule has 1 unspecified atom stereocenters. The van der Waals surface area contributed by atoms with E-state index in [1.165, 1.54) is 18.6 Å². The normalized spacial score (nSPS) is 18.6. The number of phenolic OH excluding ortho intramolecular Hbond substituents is 1. The molecule has 0 bridgehead atoms. The van der Waals surface area contributed by atoms with Gasteiger partial charge in [0, 0.05) is 23.9 Å². The van der Waals surface area contributed by atoms with Gasteiger partial charge in [-0.15, -0.1) is 0 Å². The Morgan fingerprint density at radius 2 is 1.89 bits per heavy atom. The average Bonchev–Trinajstić information content (AvgIpc) is 2.73. The number of carbonyl (C=O) groups is 1. The summed E-state index contributed by atoms with van der Waals surface area (Å²) in [6.07, 6.45) is 7.68. The van der Waals surface area contributed by atoms with E-state index in [0.29, 0.717) is 35.1 Å². The molecule has 5 nitrogen and oxygen atoms in total. The molecule has 0 aromatic heterocycles. The summed E-state index contributed by atoms with van der Waals surface area (Å²) in [5, 5.41) is 19.0. The van der Waals surface area contributed by atoms with Gasteiger partial charge in [-0.25, -0.2) is 0 Å². The van der Waals surface area contributed by atoms with E-state index in [4.69, 9.17) is 10.00 Å². The summed E-state index contributed by atoms with van der Waals surface area (Å²) in [6, 6.07) is 13.4. The van der Waals surface area contributed by atoms with Crippen LogP contribution in [0.25, 0.3) is 0 Å². The van der Waals surface area contributed by atoms with Gasteiger partial charge < -0.3 is 14.7 Å². The Morgan fingerprint density at radius 1 is 1.11 bits per heavy atom. The third-order valence-corrected chi connectivity index (χ3v) is 5.38. The molecule has 1 atom stereocenters. The molecule has 2 aromatic carbocycles. The van der Waals surface area contributed by atoms with E-state index in [1.807, 2.05) is 4.90 Å². The molecule has 1 saturated heterocycles. The molecule has 1 amide bonds. The molecule has 0 spiro atoms. The molecule has 1 N–H and O–H groups in total. The maximum absolute atomic E-state index is 13.2. The van der Waals surface area contributed by atoms with Crippen molar-refractivity contribution < 1.29 is 14.6 Å². The number of nitrogens with zero attached hydrogens (tertiary/aromatic N) is 2. The Labute approximate surface area is 164 Å². The van der Waals surface area contributed by atoms with Gasteiger partial charge in [-0.1, -0.05) is 6.08 Å². The molecule has 2 aromatic rings. The van der Waals surface area contributed by atoms with Crippen molar-refractivity contribution in [1.29, 1.82) is 5.26 Å². The van der Waals surface area contributed by atoms with Crippen molar-refractivity contribution in [2.45, 2.75) is 32.1 Å². The van der Waals surface area contributed by atoms with Crippen LogP contribution >= 0.6 is 0 Å². The van der Waals surface area contributed by atoms with Crippen molar-refractivity contribution in [2.75, 3.05) is 6.54 Å². The second-order valence-electron chi connectivity index (χ2n) is 7.31. The van der Waals surface area contributed by atoms with Crippen LogP contribution < -0.4 is 4.74 Å². The number of allylic oxidation sites excluding steroid dienone is 2. The van der Waals surface area contributed by atoms with Gasteiger partial charge in [0.1, 0.15) is 17.2 Å². The third kappa shape index (κ3) is 3.72. The number of phenols is 1. The van der Waals surface area contributed by atoms with Crippen LogP contribution in [0.5, 0.6) is 17.2 Å². The van der Waals surface area contributed by atoms with E-state index >= 15 is 0 Å². The van der Waals surface area contributed by atoms with Crippen LogP contribution in [0.2, 0.25) is 0 Å². The Hall–Kier alpha value is -3.26. The Kier molecular flexibility index (Phi) is 5.03. The summed E-state index contributed by atoms with van der Waals surface area (Å²) in [6.45, 7) is 0.711. The molecular formula is C23H22N2O3. The summed E-state index contributed by atoms with van der Waals surface area (Å²) in [5.74, 6) is 1.28. The van der Waals surface area contributed by atoms with Crippen LogP contribution in [0.15, 0.2) is 54.2 Å². The second kappa shape index (κ2) is 7.77. The zero-order valence-corrected chi connectivity index (χ0v) is 15.6. The molecule has 1 heterocycles. The SMILES string of the molecule is N#Cc1ccc(Oc2cc(O)cc(C(=O)N3CCCC4CCCC=C43)c2)cc1. The first-order valence-electron chi connectivity index (χ1n) is 9.68. The lowest BCUT2D eigenvalue weighted by Gasteiger charge is -2.38. The van der Waals surface area contributed by atoms with Crippen LogP contribution in [0, 0.1) is 17.2 Å². The van der Waals surface area contributed by atoms with Gasteiger partial charge in [0.15, 0.2) is 0 Å². The van der Waals surface area contributed by atoms with Crippen LogP contribution in [0.4, 0.5) is 0 Å². The Morgan fingerprint density at radius 3 is 2.68 bits per heavy atom. The summed E-state index contributed by atoms with van der Waals surface area (Å²) >= 11 is 0. The van der Waals surface area contributed by atoms with E-state index in [2.05, 4.69) is 12.1 Å². The number of nitriles is 1. The zero-order valence-electron chi connectivity index (χ0n) is 15.6. The second-order valence-corrected chi connectivity index (χ2v) is 7.31. The monoisotopic (exact) mass is 374 g/mol. The van der Waals surface area contributed by atoms with Crippen molar-refractivity contribution in [3.05, 3.63) is 65.4 Å². The van der Waals surface area contributed by atoms with E-state index in [0.717, 1.165) is 31.4 Å². The van der Waals surface area contributed by atoms with Gasteiger partial charge in [0.05, 0.1) is 11.6 Å². The fourth-order valence-corrected chi connectivity index (χ4v) is 4.05. The smallest absolute Gasteiger partial charge is 0.258 e. The minimum absolute atomic E-state index is 0.0133. The molecule has 0 saturated carbocycles. The Bertz CT molecular complexity index is 957. The van der Waals surface area contributed by atoms with E-state index < -0.39 is 0 Å². The molecule has 28 heavy (non-hydrogen) atoms. The average molecular weight is 374 g/mol. The fraction of sp³-hybridized carbons (Fsp3) is 0.304. The predicted octanol–water partition coefficient (Wildman–Crippen LogP) is 4.98. The van der Waals surface area contributed by atoms with Gasteiger partial charge >= 0.3 is 0 Å². The number of carbonyl (C=O) groups excluding carboxylic acids is 1. The number of amides is 1. The standard InChI is InChI=1S/C23H22N2O3/c24-15-16-7-9-20(10-8-16)28-21-13-18(12-19(26)14-21)23(27)25-11-3-5-17-4-1-2-6-22(17)25/h6-10,12-14,17,26H,1-5,11H2. The van der Waals surface area contributed by atoms with Crippen molar-refractivity contribution in [1.82, 2.24) is 4.90 Å². The first-order valence-corrected chi connectivity index (χ1v) is 9.68. The number of aromatic hydroxyl groups is 1. The highest BCUT2D eigenvalue weighted by molar-refractivity contribution is 5.96. The topological polar surface area (TPSA) is 73.6 Å². The Balaban J connectivity index is 1.58. The molecule has 5 heteroatoms. The predicted molar refractivity (Wildman–Crippen MR) is 105 cm³/mol. The first kappa shape index (κ1) is 18.1. The zero-order chi connectivity index (χ0) is 19.5. The quantitative estimate of drug-likeness (QED) is 0.823. The van der Waals surface area contributed by atoms with Crippen LogP contribution in [-0.4, -0.2) is 22.5 Å². The van der Waals surface area contributed by atoms with Crippen molar-refractivity contribution in [3.8, 4) is 23.3 Å². The minimum atomic E-state index is -0.0987. The number of hydrogen-bond donors (Lipinski definition) is 1. The van der Waals surface area contributed by atoms with Crippen LogP contribution in [-0.2, 0) is 0 Å². The molecule has 1 aliphatic heterocycles. The largest absolute Gasteiger partial charge is 0.508 e. The molecule has 1 fully saturated rings. The number of ether oxygens (including phenoxy) is 1. The summed E-state index contributed by atoms with van der Waals surface area (Å²) < 4.78 is 5.79. The number of rotatable bonds is 3. The lowest BCUT2D eigenvalue weighted by molar-refractivity contribution is 0.0748. The molecule has 0 radical (unpaired) electrons. The van der Waals surface area contributed by atoms with Gasteiger partial charge in [-0.3, -0.25) is 4.79 Å². The van der Waals surface area contributed by atoms with E-state index in [9.17, 15) is 9.90 Å². The molecular weight excluding hydrogens is 352 g/mol. The summed E-state index contributed by atoms with van der Waals surface area (Å²) in [5.41, 5.74) is 2.09. The molecule has 142 valence electrons. The lowest BCUT2D eigenvalue weighted by Crippen LogP contribution is -2.38. The highest BCUT2D eigenvalue weighted by atomic mass is 16.5. The van der Waals surface area contributed by atoms with Gasteiger partial charge in [-0.2, -0.15) is 5.26 Å². The number of likely N-dealkylation sites (tertiary alicyclic amines) is 1. The van der Waals surface area contributed by atoms with Gasteiger partial charge in [0.25, 0.3) is 5.91 Å². The minimum Gasteiger partial charge on any atom is -0.508 e. The molecule has 4 rings (SSSR count).